The molecule has 0 unspecified atom stereocenters. The van der Waals surface area contributed by atoms with Crippen LogP contribution in [-0.2, 0) is 0 Å². The Morgan fingerprint density at radius 3 is 2.40 bits per heavy atom. The van der Waals surface area contributed by atoms with Gasteiger partial charge < -0.3 is 5.32 Å². The smallest absolute Gasteiger partial charge is 0.288 e. The number of amides is 1. The van der Waals surface area contributed by atoms with Gasteiger partial charge in [0.15, 0.2) is 0 Å². The van der Waals surface area contributed by atoms with Gasteiger partial charge in [0.2, 0.25) is 0 Å². The van der Waals surface area contributed by atoms with Crippen LogP contribution in [0.2, 0.25) is 0 Å². The summed E-state index contributed by atoms with van der Waals surface area (Å²) in [6, 6.07) is 13.3. The first kappa shape index (κ1) is 15.0. The highest BCUT2D eigenvalue weighted by atomic mass is 79.9. The monoisotopic (exact) mass is 357 g/mol. The van der Waals surface area contributed by atoms with Gasteiger partial charge in [0, 0.05) is 14.9 Å². The average Bonchev–Trinajstić information content (AvgIpc) is 2.41. The Kier molecular flexibility index (Phi) is 5.14. The lowest BCUT2D eigenvalue weighted by molar-refractivity contribution is 0.102. The van der Waals surface area contributed by atoms with Crippen molar-refractivity contribution in [2.45, 2.75) is 10.7 Å². The van der Waals surface area contributed by atoms with E-state index in [1.54, 1.807) is 48.5 Å². The lowest BCUT2D eigenvalue weighted by atomic mass is 10.2. The lowest BCUT2D eigenvalue weighted by Gasteiger charge is -2.10. The average molecular weight is 358 g/mol. The van der Waals surface area contributed by atoms with Crippen molar-refractivity contribution in [1.82, 2.24) is 0 Å². The maximum atomic E-state index is 12.5. The van der Waals surface area contributed by atoms with Crippen LogP contribution in [0.4, 0.5) is 14.5 Å². The molecule has 0 aliphatic heterocycles. The summed E-state index contributed by atoms with van der Waals surface area (Å²) < 4.78 is 25.8. The van der Waals surface area contributed by atoms with E-state index in [9.17, 15) is 13.6 Å². The summed E-state index contributed by atoms with van der Waals surface area (Å²) in [6.07, 6.45) is 0. The van der Waals surface area contributed by atoms with Crippen molar-refractivity contribution in [3.63, 3.8) is 0 Å². The minimum atomic E-state index is -2.53. The van der Waals surface area contributed by atoms with E-state index in [1.165, 1.54) is 0 Å². The number of anilines is 1. The van der Waals surface area contributed by atoms with Gasteiger partial charge in [0.1, 0.15) is 0 Å². The summed E-state index contributed by atoms with van der Waals surface area (Å²) in [4.78, 5) is 12.4. The second-order valence-corrected chi connectivity index (χ2v) is 5.78. The fraction of sp³-hybridized carbons (Fsp3) is 0.0714. The van der Waals surface area contributed by atoms with Crippen molar-refractivity contribution < 1.29 is 13.6 Å². The fourth-order valence-electron chi connectivity index (χ4n) is 1.56. The first-order valence-electron chi connectivity index (χ1n) is 5.67. The number of halogens is 3. The Labute approximate surface area is 127 Å². The number of hydrogen-bond acceptors (Lipinski definition) is 2. The van der Waals surface area contributed by atoms with Gasteiger partial charge in [0.05, 0.1) is 5.69 Å². The van der Waals surface area contributed by atoms with E-state index in [0.717, 1.165) is 4.47 Å². The van der Waals surface area contributed by atoms with Gasteiger partial charge in [-0.2, -0.15) is 8.78 Å². The first-order valence-corrected chi connectivity index (χ1v) is 7.34. The number of alkyl halides is 2. The summed E-state index contributed by atoms with van der Waals surface area (Å²) in [5.41, 5.74) is 0.843. The van der Waals surface area contributed by atoms with Crippen LogP contribution in [0, 0.1) is 0 Å². The number of rotatable bonds is 4. The van der Waals surface area contributed by atoms with Crippen molar-refractivity contribution >= 4 is 39.3 Å². The molecule has 0 saturated carbocycles. The maximum absolute atomic E-state index is 12.5. The third-order valence-corrected chi connectivity index (χ3v) is 3.77. The SMILES string of the molecule is O=C(Nc1ccccc1SC(F)F)c1ccc(Br)cc1. The molecule has 0 aromatic heterocycles. The van der Waals surface area contributed by atoms with Crippen molar-refractivity contribution in [3.8, 4) is 0 Å². The zero-order chi connectivity index (χ0) is 14.5. The molecule has 0 aliphatic rings. The summed E-state index contributed by atoms with van der Waals surface area (Å²) in [6.45, 7) is 0. The highest BCUT2D eigenvalue weighted by Gasteiger charge is 2.12. The fourth-order valence-corrected chi connectivity index (χ4v) is 2.42. The Balaban J connectivity index is 2.17. The minimum absolute atomic E-state index is 0.334. The summed E-state index contributed by atoms with van der Waals surface area (Å²) in [5, 5.41) is 2.64. The van der Waals surface area contributed by atoms with Crippen LogP contribution in [0.5, 0.6) is 0 Å². The molecule has 0 aliphatic carbocycles. The number of nitrogens with one attached hydrogen (secondary N) is 1. The normalized spacial score (nSPS) is 10.6. The predicted octanol–water partition coefficient (Wildman–Crippen LogP) is 5.02. The molecule has 2 nitrogen and oxygen atoms in total. The van der Waals surface area contributed by atoms with Crippen LogP contribution in [0.15, 0.2) is 57.9 Å². The van der Waals surface area contributed by atoms with Crippen molar-refractivity contribution in [3.05, 3.63) is 58.6 Å². The van der Waals surface area contributed by atoms with Crippen LogP contribution in [0.25, 0.3) is 0 Å². The van der Waals surface area contributed by atoms with E-state index < -0.39 is 5.76 Å². The molecule has 6 heteroatoms. The zero-order valence-electron chi connectivity index (χ0n) is 10.1. The highest BCUT2D eigenvalue weighted by Crippen LogP contribution is 2.31. The van der Waals surface area contributed by atoms with E-state index in [4.69, 9.17) is 0 Å². The van der Waals surface area contributed by atoms with Crippen LogP contribution < -0.4 is 5.32 Å². The van der Waals surface area contributed by atoms with E-state index in [0.29, 0.717) is 27.9 Å². The largest absolute Gasteiger partial charge is 0.321 e. The van der Waals surface area contributed by atoms with Gasteiger partial charge in [-0.25, -0.2) is 0 Å². The molecule has 0 heterocycles. The summed E-state index contributed by atoms with van der Waals surface area (Å²) >= 11 is 3.69. The van der Waals surface area contributed by atoms with Gasteiger partial charge in [-0.15, -0.1) is 0 Å². The standard InChI is InChI=1S/C14H10BrF2NOS/c15-10-7-5-9(6-8-10)13(19)18-11-3-1-2-4-12(11)20-14(16)17/h1-8,14H,(H,18,19). The third kappa shape index (κ3) is 4.05. The summed E-state index contributed by atoms with van der Waals surface area (Å²) in [7, 11) is 0. The van der Waals surface area contributed by atoms with Gasteiger partial charge in [-0.1, -0.05) is 39.8 Å². The molecule has 0 radical (unpaired) electrons. The molecule has 2 aromatic carbocycles. The number of thioether (sulfide) groups is 1. The number of carbonyl (C=O) groups is 1. The maximum Gasteiger partial charge on any atom is 0.288 e. The lowest BCUT2D eigenvalue weighted by Crippen LogP contribution is -2.12. The van der Waals surface area contributed by atoms with E-state index in [1.807, 2.05) is 0 Å². The molecule has 0 bridgehead atoms. The molecule has 0 saturated heterocycles. The van der Waals surface area contributed by atoms with Crippen molar-refractivity contribution in [2.24, 2.45) is 0 Å². The van der Waals surface area contributed by atoms with Crippen LogP contribution >= 0.6 is 27.7 Å². The van der Waals surface area contributed by atoms with Gasteiger partial charge in [0.25, 0.3) is 11.7 Å². The molecule has 20 heavy (non-hydrogen) atoms. The molecule has 0 fully saturated rings. The van der Waals surface area contributed by atoms with E-state index >= 15 is 0 Å². The molecule has 2 rings (SSSR count). The first-order chi connectivity index (χ1) is 9.56. The predicted molar refractivity (Wildman–Crippen MR) is 80.4 cm³/mol. The Hall–Kier alpha value is -1.40. The Morgan fingerprint density at radius 1 is 1.10 bits per heavy atom. The topological polar surface area (TPSA) is 29.1 Å². The number of para-hydroxylation sites is 1. The number of hydrogen-bond donors (Lipinski definition) is 1. The molecule has 2 aromatic rings. The number of benzene rings is 2. The molecule has 0 atom stereocenters. The third-order valence-electron chi connectivity index (χ3n) is 2.46. The van der Waals surface area contributed by atoms with E-state index in [2.05, 4.69) is 21.2 Å². The van der Waals surface area contributed by atoms with Gasteiger partial charge >= 0.3 is 0 Å². The summed E-state index contributed by atoms with van der Waals surface area (Å²) in [5.74, 6) is -2.86. The molecule has 0 spiro atoms. The van der Waals surface area contributed by atoms with Crippen molar-refractivity contribution in [1.29, 1.82) is 0 Å². The molecule has 104 valence electrons. The Bertz CT molecular complexity index is 604. The quantitative estimate of drug-likeness (QED) is 0.778. The molecular formula is C14H10BrF2NOS. The highest BCUT2D eigenvalue weighted by molar-refractivity contribution is 9.10. The minimum Gasteiger partial charge on any atom is -0.321 e. The van der Waals surface area contributed by atoms with Crippen molar-refractivity contribution in [2.75, 3.05) is 5.32 Å². The molecule has 1 N–H and O–H groups in total. The molecular weight excluding hydrogens is 348 g/mol. The van der Waals surface area contributed by atoms with E-state index in [-0.39, 0.29) is 5.91 Å². The molecule has 1 amide bonds. The van der Waals surface area contributed by atoms with Crippen LogP contribution in [-0.4, -0.2) is 11.7 Å². The zero-order valence-corrected chi connectivity index (χ0v) is 12.5. The van der Waals surface area contributed by atoms with Gasteiger partial charge in [-0.3, -0.25) is 4.79 Å². The second kappa shape index (κ2) is 6.85. The van der Waals surface area contributed by atoms with Gasteiger partial charge in [-0.05, 0) is 36.4 Å². The van der Waals surface area contributed by atoms with Crippen LogP contribution in [0.1, 0.15) is 10.4 Å². The second-order valence-electron chi connectivity index (χ2n) is 3.84. The van der Waals surface area contributed by atoms with Crippen LogP contribution in [0.3, 0.4) is 0 Å². The number of carbonyl (C=O) groups excluding carboxylic acids is 1. The Morgan fingerprint density at radius 2 is 1.75 bits per heavy atom.